The molecule has 0 radical (unpaired) electrons. The van der Waals surface area contributed by atoms with Crippen molar-refractivity contribution < 1.29 is 14.7 Å². The van der Waals surface area contributed by atoms with Crippen molar-refractivity contribution in [1.29, 1.82) is 0 Å². The maximum absolute atomic E-state index is 11.2. The second-order valence-corrected chi connectivity index (χ2v) is 2.98. The molecule has 0 fully saturated rings. The van der Waals surface area contributed by atoms with E-state index in [1.54, 1.807) is 14.1 Å². The number of anilines is 1. The van der Waals surface area contributed by atoms with Gasteiger partial charge in [-0.05, 0) is 0 Å². The first-order valence-electron chi connectivity index (χ1n) is 4.09. The smallest absolute Gasteiger partial charge is 0.327 e. The van der Waals surface area contributed by atoms with Gasteiger partial charge in [0.25, 0.3) is 0 Å². The molecule has 2 N–H and O–H groups in total. The van der Waals surface area contributed by atoms with E-state index >= 15 is 0 Å². The van der Waals surface area contributed by atoms with E-state index in [2.05, 4.69) is 15.5 Å². The lowest BCUT2D eigenvalue weighted by atomic mass is 10.7. The number of rotatable bonds is 3. The monoisotopic (exact) mass is 213 g/mol. The first kappa shape index (κ1) is 11.0. The molecule has 2 amide bonds. The molecule has 82 valence electrons. The Labute approximate surface area is 85.5 Å². The molecule has 0 aliphatic rings. The van der Waals surface area contributed by atoms with Crippen LogP contribution in [0.15, 0.2) is 6.20 Å². The van der Waals surface area contributed by atoms with Crippen molar-refractivity contribution in [2.45, 2.75) is 6.54 Å². The molecule has 0 saturated carbocycles. The van der Waals surface area contributed by atoms with Crippen LogP contribution in [0.5, 0.6) is 0 Å². The largest absolute Gasteiger partial charge is 0.480 e. The van der Waals surface area contributed by atoms with E-state index in [9.17, 15) is 9.59 Å². The van der Waals surface area contributed by atoms with Crippen molar-refractivity contribution in [2.75, 3.05) is 19.4 Å². The maximum atomic E-state index is 11.2. The molecule has 1 aromatic heterocycles. The van der Waals surface area contributed by atoms with Gasteiger partial charge in [-0.15, -0.1) is 5.10 Å². The number of carbonyl (C=O) groups excluding carboxylic acids is 1. The van der Waals surface area contributed by atoms with Crippen LogP contribution in [-0.4, -0.2) is 51.1 Å². The molecule has 1 heterocycles. The summed E-state index contributed by atoms with van der Waals surface area (Å²) < 4.78 is 0. The summed E-state index contributed by atoms with van der Waals surface area (Å²) in [5.41, 5.74) is 0. The number of carboxylic acids is 1. The van der Waals surface area contributed by atoms with Crippen molar-refractivity contribution >= 4 is 17.8 Å². The SMILES string of the molecule is CN(C)C(=O)Nc1cnn(CC(=O)O)n1. The number of carboxylic acid groups (broad SMARTS) is 1. The van der Waals surface area contributed by atoms with Crippen LogP contribution >= 0.6 is 0 Å². The lowest BCUT2D eigenvalue weighted by Gasteiger charge is -2.08. The molecule has 0 unspecified atom stereocenters. The number of nitrogens with zero attached hydrogens (tertiary/aromatic N) is 4. The van der Waals surface area contributed by atoms with Crippen LogP contribution in [0.25, 0.3) is 0 Å². The van der Waals surface area contributed by atoms with Crippen LogP contribution in [-0.2, 0) is 11.3 Å². The molecule has 0 saturated heterocycles. The number of aliphatic carboxylic acids is 1. The summed E-state index contributed by atoms with van der Waals surface area (Å²) in [5, 5.41) is 18.3. The van der Waals surface area contributed by atoms with E-state index in [4.69, 9.17) is 5.11 Å². The molecule has 15 heavy (non-hydrogen) atoms. The first-order valence-corrected chi connectivity index (χ1v) is 4.09. The molecule has 0 atom stereocenters. The van der Waals surface area contributed by atoms with Crippen molar-refractivity contribution in [1.82, 2.24) is 19.9 Å². The van der Waals surface area contributed by atoms with Crippen molar-refractivity contribution in [3.63, 3.8) is 0 Å². The van der Waals surface area contributed by atoms with Gasteiger partial charge in [0.15, 0.2) is 12.4 Å². The van der Waals surface area contributed by atoms with Gasteiger partial charge >= 0.3 is 12.0 Å². The highest BCUT2D eigenvalue weighted by molar-refractivity contribution is 5.87. The summed E-state index contributed by atoms with van der Waals surface area (Å²) in [6.07, 6.45) is 1.28. The number of carbonyl (C=O) groups is 2. The molecular formula is C7H11N5O3. The summed E-state index contributed by atoms with van der Waals surface area (Å²) >= 11 is 0. The summed E-state index contributed by atoms with van der Waals surface area (Å²) in [6.45, 7) is -0.335. The van der Waals surface area contributed by atoms with E-state index in [0.29, 0.717) is 0 Å². The first-order chi connectivity index (χ1) is 6.99. The third-order valence-electron chi connectivity index (χ3n) is 1.45. The highest BCUT2D eigenvalue weighted by Crippen LogP contribution is 1.99. The molecule has 0 aliphatic heterocycles. The summed E-state index contributed by atoms with van der Waals surface area (Å²) in [5.74, 6) is -0.828. The molecule has 0 bridgehead atoms. The molecule has 0 spiro atoms. The Morgan fingerprint density at radius 2 is 2.27 bits per heavy atom. The minimum Gasteiger partial charge on any atom is -0.480 e. The lowest BCUT2D eigenvalue weighted by molar-refractivity contribution is -0.138. The van der Waals surface area contributed by atoms with Gasteiger partial charge in [0.1, 0.15) is 0 Å². The Balaban J connectivity index is 2.60. The Hall–Kier alpha value is -2.12. The number of nitrogens with one attached hydrogen (secondary N) is 1. The molecule has 8 heteroatoms. The number of hydrogen-bond donors (Lipinski definition) is 2. The zero-order valence-corrected chi connectivity index (χ0v) is 8.34. The quantitative estimate of drug-likeness (QED) is 0.702. The average molecular weight is 213 g/mol. The van der Waals surface area contributed by atoms with Crippen LogP contribution in [0.3, 0.4) is 0 Å². The van der Waals surface area contributed by atoms with E-state index in [1.807, 2.05) is 0 Å². The predicted octanol–water partition coefficient (Wildman–Crippen LogP) is -0.544. The van der Waals surface area contributed by atoms with E-state index in [1.165, 1.54) is 11.1 Å². The van der Waals surface area contributed by atoms with Crippen molar-refractivity contribution in [3.05, 3.63) is 6.20 Å². The highest BCUT2D eigenvalue weighted by Gasteiger charge is 2.08. The molecule has 1 aromatic rings. The molecular weight excluding hydrogens is 202 g/mol. The van der Waals surface area contributed by atoms with E-state index in [-0.39, 0.29) is 18.4 Å². The topological polar surface area (TPSA) is 100 Å². The second-order valence-electron chi connectivity index (χ2n) is 2.98. The fourth-order valence-corrected chi connectivity index (χ4v) is 0.773. The minimum atomic E-state index is -1.05. The van der Waals surface area contributed by atoms with Crippen LogP contribution in [0.2, 0.25) is 0 Å². The second kappa shape index (κ2) is 4.40. The van der Waals surface area contributed by atoms with Gasteiger partial charge in [-0.1, -0.05) is 0 Å². The highest BCUT2D eigenvalue weighted by atomic mass is 16.4. The molecule has 0 aromatic carbocycles. The van der Waals surface area contributed by atoms with Crippen molar-refractivity contribution in [2.24, 2.45) is 0 Å². The van der Waals surface area contributed by atoms with Gasteiger partial charge in [-0.3, -0.25) is 10.1 Å². The molecule has 8 nitrogen and oxygen atoms in total. The Bertz CT molecular complexity index is 372. The molecule has 0 aliphatic carbocycles. The van der Waals surface area contributed by atoms with Crippen LogP contribution < -0.4 is 5.32 Å². The molecule has 1 rings (SSSR count). The Morgan fingerprint density at radius 1 is 1.60 bits per heavy atom. The fourth-order valence-electron chi connectivity index (χ4n) is 0.773. The van der Waals surface area contributed by atoms with Gasteiger partial charge in [0.05, 0.1) is 6.20 Å². The minimum absolute atomic E-state index is 0.218. The van der Waals surface area contributed by atoms with Gasteiger partial charge in [0, 0.05) is 14.1 Å². The Morgan fingerprint density at radius 3 is 2.80 bits per heavy atom. The standard InChI is InChI=1S/C7H11N5O3/c1-11(2)7(15)9-5-3-8-12(10-5)4-6(13)14/h3H,4H2,1-2H3,(H,13,14)(H,9,10,15). The van der Waals surface area contributed by atoms with Gasteiger partial charge in [-0.2, -0.15) is 9.90 Å². The van der Waals surface area contributed by atoms with Crippen LogP contribution in [0, 0.1) is 0 Å². The Kier molecular flexibility index (Phi) is 3.21. The van der Waals surface area contributed by atoms with Gasteiger partial charge in [0.2, 0.25) is 0 Å². The number of aromatic nitrogens is 3. The fraction of sp³-hybridized carbons (Fsp3) is 0.429. The average Bonchev–Trinajstić information content (AvgIpc) is 2.51. The van der Waals surface area contributed by atoms with E-state index < -0.39 is 5.97 Å². The number of amides is 2. The zero-order valence-electron chi connectivity index (χ0n) is 8.34. The maximum Gasteiger partial charge on any atom is 0.327 e. The van der Waals surface area contributed by atoms with Crippen LogP contribution in [0.1, 0.15) is 0 Å². The third kappa shape index (κ3) is 3.25. The summed E-state index contributed by atoms with van der Waals surface area (Å²) in [4.78, 5) is 23.8. The normalized spacial score (nSPS) is 9.73. The number of hydrogen-bond acceptors (Lipinski definition) is 4. The number of urea groups is 1. The third-order valence-corrected chi connectivity index (χ3v) is 1.45. The lowest BCUT2D eigenvalue weighted by Crippen LogP contribution is -2.27. The van der Waals surface area contributed by atoms with Crippen molar-refractivity contribution in [3.8, 4) is 0 Å². The summed E-state index contributed by atoms with van der Waals surface area (Å²) in [6, 6.07) is -0.350. The van der Waals surface area contributed by atoms with Crippen LogP contribution in [0.4, 0.5) is 10.6 Å². The predicted molar refractivity (Wildman–Crippen MR) is 50.4 cm³/mol. The van der Waals surface area contributed by atoms with Gasteiger partial charge < -0.3 is 10.0 Å². The van der Waals surface area contributed by atoms with Gasteiger partial charge in [-0.25, -0.2) is 4.79 Å². The zero-order chi connectivity index (χ0) is 11.4. The van der Waals surface area contributed by atoms with E-state index in [0.717, 1.165) is 4.80 Å². The summed E-state index contributed by atoms with van der Waals surface area (Å²) in [7, 11) is 3.16.